The Labute approximate surface area is 111 Å². The van der Waals surface area contributed by atoms with Gasteiger partial charge in [0.15, 0.2) is 11.5 Å². The van der Waals surface area contributed by atoms with Gasteiger partial charge in [-0.25, -0.2) is 0 Å². The molecule has 0 saturated heterocycles. The quantitative estimate of drug-likeness (QED) is 0.811. The average Bonchev–Trinajstić information content (AvgIpc) is 2.85. The molecule has 1 aliphatic heterocycles. The number of hydrogen-bond acceptors (Lipinski definition) is 5. The van der Waals surface area contributed by atoms with Gasteiger partial charge in [-0.05, 0) is 13.3 Å². The number of anilines is 2. The molecule has 0 fully saturated rings. The number of ether oxygens (including phenoxy) is 3. The van der Waals surface area contributed by atoms with Gasteiger partial charge in [-0.1, -0.05) is 6.92 Å². The largest absolute Gasteiger partial charge is 0.454 e. The Morgan fingerprint density at radius 3 is 2.68 bits per heavy atom. The third-order valence-corrected chi connectivity index (χ3v) is 3.40. The van der Waals surface area contributed by atoms with Crippen LogP contribution < -0.4 is 20.5 Å². The van der Waals surface area contributed by atoms with E-state index in [1.54, 1.807) is 19.1 Å². The summed E-state index contributed by atoms with van der Waals surface area (Å²) in [5.74, 6) is 0.906. The Morgan fingerprint density at radius 2 is 2.11 bits per heavy atom. The van der Waals surface area contributed by atoms with E-state index in [9.17, 15) is 4.79 Å². The number of hydrogen-bond donors (Lipinski definition) is 2. The Bertz CT molecular complexity index is 498. The third kappa shape index (κ3) is 2.44. The highest BCUT2D eigenvalue weighted by atomic mass is 16.7. The number of amides is 1. The minimum atomic E-state index is -0.886. The predicted octanol–water partition coefficient (Wildman–Crippen LogP) is 1.75. The molecular weight excluding hydrogens is 248 g/mol. The van der Waals surface area contributed by atoms with Gasteiger partial charge in [0.2, 0.25) is 6.79 Å². The van der Waals surface area contributed by atoms with E-state index in [1.165, 1.54) is 7.11 Å². The molecule has 0 aromatic heterocycles. The highest BCUT2D eigenvalue weighted by Crippen LogP contribution is 2.38. The predicted molar refractivity (Wildman–Crippen MR) is 71.3 cm³/mol. The monoisotopic (exact) mass is 266 g/mol. The number of nitrogen functional groups attached to an aromatic ring is 1. The first-order valence-corrected chi connectivity index (χ1v) is 6.06. The first-order chi connectivity index (χ1) is 9.00. The van der Waals surface area contributed by atoms with Crippen LogP contribution in [0.4, 0.5) is 11.4 Å². The van der Waals surface area contributed by atoms with Gasteiger partial charge in [0.25, 0.3) is 5.91 Å². The molecule has 2 rings (SSSR count). The summed E-state index contributed by atoms with van der Waals surface area (Å²) in [4.78, 5) is 12.2. The van der Waals surface area contributed by atoms with Crippen molar-refractivity contribution < 1.29 is 19.0 Å². The van der Waals surface area contributed by atoms with Crippen molar-refractivity contribution >= 4 is 17.3 Å². The van der Waals surface area contributed by atoms with Gasteiger partial charge in [0.1, 0.15) is 5.60 Å². The molecule has 0 aliphatic carbocycles. The number of methoxy groups -OCH3 is 1. The maximum Gasteiger partial charge on any atom is 0.256 e. The van der Waals surface area contributed by atoms with Gasteiger partial charge in [-0.3, -0.25) is 4.79 Å². The van der Waals surface area contributed by atoms with Crippen molar-refractivity contribution in [2.24, 2.45) is 0 Å². The number of nitrogens with one attached hydrogen (secondary N) is 1. The van der Waals surface area contributed by atoms with Crippen LogP contribution in [0.25, 0.3) is 0 Å². The van der Waals surface area contributed by atoms with E-state index in [0.717, 1.165) is 0 Å². The van der Waals surface area contributed by atoms with Gasteiger partial charge < -0.3 is 25.3 Å². The van der Waals surface area contributed by atoms with Crippen molar-refractivity contribution in [3.8, 4) is 11.5 Å². The van der Waals surface area contributed by atoms with Crippen molar-refractivity contribution in [2.45, 2.75) is 25.9 Å². The van der Waals surface area contributed by atoms with Crippen LogP contribution in [0.3, 0.4) is 0 Å². The summed E-state index contributed by atoms with van der Waals surface area (Å²) in [5, 5.41) is 2.76. The van der Waals surface area contributed by atoms with Crippen LogP contribution in [0.5, 0.6) is 11.5 Å². The highest BCUT2D eigenvalue weighted by molar-refractivity contribution is 5.99. The molecule has 0 bridgehead atoms. The van der Waals surface area contributed by atoms with Crippen LogP contribution >= 0.6 is 0 Å². The molecule has 6 heteroatoms. The number of benzene rings is 1. The first kappa shape index (κ1) is 13.5. The van der Waals surface area contributed by atoms with Gasteiger partial charge >= 0.3 is 0 Å². The summed E-state index contributed by atoms with van der Waals surface area (Å²) in [6.07, 6.45) is 0.555. The van der Waals surface area contributed by atoms with Crippen LogP contribution in [-0.4, -0.2) is 25.4 Å². The van der Waals surface area contributed by atoms with Crippen LogP contribution in [0.15, 0.2) is 12.1 Å². The Morgan fingerprint density at radius 1 is 1.47 bits per heavy atom. The topological polar surface area (TPSA) is 82.8 Å². The molecule has 1 unspecified atom stereocenters. The highest BCUT2D eigenvalue weighted by Gasteiger charge is 2.31. The molecule has 19 heavy (non-hydrogen) atoms. The fourth-order valence-corrected chi connectivity index (χ4v) is 1.72. The fraction of sp³-hybridized carbons (Fsp3) is 0.462. The second-order valence-corrected chi connectivity index (χ2v) is 4.54. The molecule has 1 amide bonds. The zero-order chi connectivity index (χ0) is 14.0. The second-order valence-electron chi connectivity index (χ2n) is 4.54. The second kappa shape index (κ2) is 4.97. The lowest BCUT2D eigenvalue weighted by Gasteiger charge is -2.25. The fourth-order valence-electron chi connectivity index (χ4n) is 1.72. The van der Waals surface area contributed by atoms with E-state index >= 15 is 0 Å². The van der Waals surface area contributed by atoms with E-state index in [1.807, 2.05) is 6.92 Å². The number of rotatable bonds is 4. The molecule has 1 aromatic carbocycles. The van der Waals surface area contributed by atoms with Crippen molar-refractivity contribution in [1.82, 2.24) is 0 Å². The standard InChI is InChI=1S/C13H18N2O4/c1-4-13(2,17-3)12(16)15-9-6-11-10(5-8(9)14)18-7-19-11/h5-6H,4,7,14H2,1-3H3,(H,15,16). The molecule has 0 spiro atoms. The molecule has 3 N–H and O–H groups in total. The van der Waals surface area contributed by atoms with Crippen molar-refractivity contribution in [3.05, 3.63) is 12.1 Å². The number of fused-ring (bicyclic) bond motifs is 1. The molecule has 0 radical (unpaired) electrons. The Kier molecular flexibility index (Phi) is 3.53. The average molecular weight is 266 g/mol. The van der Waals surface area contributed by atoms with Crippen molar-refractivity contribution in [3.63, 3.8) is 0 Å². The molecule has 0 saturated carbocycles. The lowest BCUT2D eigenvalue weighted by Crippen LogP contribution is -2.41. The van der Waals surface area contributed by atoms with Gasteiger partial charge in [0.05, 0.1) is 11.4 Å². The first-order valence-electron chi connectivity index (χ1n) is 6.06. The SMILES string of the molecule is CCC(C)(OC)C(=O)Nc1cc2c(cc1N)OCO2. The summed E-state index contributed by atoms with van der Waals surface area (Å²) >= 11 is 0. The van der Waals surface area contributed by atoms with Crippen LogP contribution in [0.2, 0.25) is 0 Å². The Hall–Kier alpha value is -1.95. The molecule has 1 aliphatic rings. The Balaban J connectivity index is 2.22. The number of carbonyl (C=O) groups is 1. The summed E-state index contributed by atoms with van der Waals surface area (Å²) in [5.41, 5.74) is 5.91. The third-order valence-electron chi connectivity index (χ3n) is 3.40. The maximum atomic E-state index is 12.2. The molecule has 1 atom stereocenters. The zero-order valence-electron chi connectivity index (χ0n) is 11.3. The van der Waals surface area contributed by atoms with E-state index in [-0.39, 0.29) is 12.7 Å². The minimum absolute atomic E-state index is 0.164. The summed E-state index contributed by atoms with van der Waals surface area (Å²) in [6.45, 7) is 3.77. The van der Waals surface area contributed by atoms with Gasteiger partial charge in [-0.15, -0.1) is 0 Å². The van der Waals surface area contributed by atoms with E-state index in [2.05, 4.69) is 5.32 Å². The van der Waals surface area contributed by atoms with Crippen LogP contribution in [0, 0.1) is 0 Å². The molecular formula is C13H18N2O4. The summed E-state index contributed by atoms with van der Waals surface area (Å²) < 4.78 is 15.7. The van der Waals surface area contributed by atoms with Crippen molar-refractivity contribution in [1.29, 1.82) is 0 Å². The number of nitrogens with two attached hydrogens (primary N) is 1. The molecule has 1 heterocycles. The normalized spacial score (nSPS) is 15.9. The van der Waals surface area contributed by atoms with Crippen LogP contribution in [-0.2, 0) is 9.53 Å². The van der Waals surface area contributed by atoms with E-state index < -0.39 is 5.60 Å². The van der Waals surface area contributed by atoms with Gasteiger partial charge in [-0.2, -0.15) is 0 Å². The summed E-state index contributed by atoms with van der Waals surface area (Å²) in [7, 11) is 1.51. The smallest absolute Gasteiger partial charge is 0.256 e. The van der Waals surface area contributed by atoms with Crippen molar-refractivity contribution in [2.75, 3.05) is 25.0 Å². The molecule has 1 aromatic rings. The minimum Gasteiger partial charge on any atom is -0.454 e. The van der Waals surface area contributed by atoms with Gasteiger partial charge in [0, 0.05) is 19.2 Å². The molecule has 104 valence electrons. The van der Waals surface area contributed by atoms with E-state index in [0.29, 0.717) is 29.3 Å². The lowest BCUT2D eigenvalue weighted by molar-refractivity contribution is -0.136. The number of carbonyl (C=O) groups excluding carboxylic acids is 1. The maximum absolute atomic E-state index is 12.2. The zero-order valence-corrected chi connectivity index (χ0v) is 11.3. The van der Waals surface area contributed by atoms with Crippen LogP contribution in [0.1, 0.15) is 20.3 Å². The molecule has 6 nitrogen and oxygen atoms in total. The lowest BCUT2D eigenvalue weighted by atomic mass is 10.0. The summed E-state index contributed by atoms with van der Waals surface area (Å²) in [6, 6.07) is 3.29. The van der Waals surface area contributed by atoms with E-state index in [4.69, 9.17) is 19.9 Å².